The predicted molar refractivity (Wildman–Crippen MR) is 52.4 cm³/mol. The Bertz CT molecular complexity index is 361. The summed E-state index contributed by atoms with van der Waals surface area (Å²) in [5, 5.41) is 15.9. The summed E-state index contributed by atoms with van der Waals surface area (Å²) in [5.74, 6) is 0.324. The maximum atomic E-state index is 11.6. The van der Waals surface area contributed by atoms with Gasteiger partial charge in [0.2, 0.25) is 0 Å². The number of aryl methyl sites for hydroxylation is 1. The zero-order valence-electron chi connectivity index (χ0n) is 8.56. The van der Waals surface area contributed by atoms with E-state index in [0.29, 0.717) is 5.76 Å². The third-order valence-electron chi connectivity index (χ3n) is 2.66. The lowest BCUT2D eigenvalue weighted by Gasteiger charge is -2.14. The first-order chi connectivity index (χ1) is 7.16. The van der Waals surface area contributed by atoms with Crippen LogP contribution in [0.5, 0.6) is 0 Å². The minimum atomic E-state index is -0.429. The third-order valence-corrected chi connectivity index (χ3v) is 2.66. The van der Waals surface area contributed by atoms with Gasteiger partial charge in [-0.1, -0.05) is 5.16 Å². The number of nitrogens with zero attached hydrogens (tertiary/aromatic N) is 1. The van der Waals surface area contributed by atoms with Gasteiger partial charge in [-0.25, -0.2) is 0 Å². The molecular weight excluding hydrogens is 196 g/mol. The number of aliphatic hydroxyl groups is 1. The molecule has 0 aromatic carbocycles. The molecule has 1 saturated carbocycles. The summed E-state index contributed by atoms with van der Waals surface area (Å²) in [4.78, 5) is 11.6. The molecule has 5 nitrogen and oxygen atoms in total. The smallest absolute Gasteiger partial charge is 0.273 e. The highest BCUT2D eigenvalue weighted by atomic mass is 16.5. The Morgan fingerprint density at radius 2 is 2.47 bits per heavy atom. The molecule has 1 aliphatic rings. The van der Waals surface area contributed by atoms with Crippen LogP contribution < -0.4 is 5.32 Å². The molecule has 0 bridgehead atoms. The summed E-state index contributed by atoms with van der Waals surface area (Å²) in [6.45, 7) is 1.73. The molecule has 82 valence electrons. The number of hydrogen-bond donors (Lipinski definition) is 2. The Balaban J connectivity index is 1.97. The minimum absolute atomic E-state index is 0.144. The fourth-order valence-corrected chi connectivity index (χ4v) is 1.82. The second-order valence-corrected chi connectivity index (χ2v) is 3.90. The molecule has 1 fully saturated rings. The number of amides is 1. The van der Waals surface area contributed by atoms with E-state index in [-0.39, 0.29) is 17.6 Å². The molecule has 0 spiro atoms. The van der Waals surface area contributed by atoms with Gasteiger partial charge in [0.05, 0.1) is 12.1 Å². The molecule has 5 heteroatoms. The van der Waals surface area contributed by atoms with E-state index in [9.17, 15) is 9.90 Å². The number of carbonyl (C=O) groups is 1. The van der Waals surface area contributed by atoms with Crippen LogP contribution in [0.15, 0.2) is 10.6 Å². The Kier molecular flexibility index (Phi) is 2.73. The van der Waals surface area contributed by atoms with Crippen molar-refractivity contribution in [2.24, 2.45) is 0 Å². The van der Waals surface area contributed by atoms with E-state index >= 15 is 0 Å². The van der Waals surface area contributed by atoms with Gasteiger partial charge < -0.3 is 14.9 Å². The normalized spacial score (nSPS) is 25.5. The Morgan fingerprint density at radius 1 is 1.67 bits per heavy atom. The fraction of sp³-hybridized carbons (Fsp3) is 0.600. The molecule has 0 radical (unpaired) electrons. The van der Waals surface area contributed by atoms with Crippen molar-refractivity contribution >= 4 is 5.91 Å². The molecule has 2 atom stereocenters. The van der Waals surface area contributed by atoms with Gasteiger partial charge >= 0.3 is 0 Å². The van der Waals surface area contributed by atoms with Crippen molar-refractivity contribution in [3.63, 3.8) is 0 Å². The van der Waals surface area contributed by atoms with Gasteiger partial charge in [0.1, 0.15) is 5.76 Å². The van der Waals surface area contributed by atoms with E-state index in [1.54, 1.807) is 13.0 Å². The van der Waals surface area contributed by atoms with Gasteiger partial charge in [-0.3, -0.25) is 4.79 Å². The third kappa shape index (κ3) is 2.18. The van der Waals surface area contributed by atoms with E-state index in [1.165, 1.54) is 0 Å². The van der Waals surface area contributed by atoms with E-state index in [0.717, 1.165) is 19.3 Å². The van der Waals surface area contributed by atoms with Crippen molar-refractivity contribution in [1.29, 1.82) is 0 Å². The second-order valence-electron chi connectivity index (χ2n) is 3.90. The van der Waals surface area contributed by atoms with Gasteiger partial charge in [-0.15, -0.1) is 0 Å². The van der Waals surface area contributed by atoms with Gasteiger partial charge in [0, 0.05) is 6.07 Å². The van der Waals surface area contributed by atoms with Crippen LogP contribution in [-0.2, 0) is 0 Å². The topological polar surface area (TPSA) is 75.4 Å². The van der Waals surface area contributed by atoms with E-state index < -0.39 is 6.10 Å². The zero-order chi connectivity index (χ0) is 10.8. The summed E-state index contributed by atoms with van der Waals surface area (Å²) >= 11 is 0. The molecule has 15 heavy (non-hydrogen) atoms. The molecular formula is C10H14N2O3. The lowest BCUT2D eigenvalue weighted by atomic mass is 10.2. The van der Waals surface area contributed by atoms with Crippen LogP contribution >= 0.6 is 0 Å². The molecule has 1 heterocycles. The number of nitrogens with one attached hydrogen (secondary N) is 1. The summed E-state index contributed by atoms with van der Waals surface area (Å²) < 4.78 is 4.80. The molecule has 0 saturated heterocycles. The molecule has 1 aromatic heterocycles. The predicted octanol–water partition coefficient (Wildman–Crippen LogP) is 0.626. The van der Waals surface area contributed by atoms with Gasteiger partial charge in [0.15, 0.2) is 5.69 Å². The summed E-state index contributed by atoms with van der Waals surface area (Å²) in [6, 6.07) is 1.44. The Labute approximate surface area is 87.5 Å². The first kappa shape index (κ1) is 10.2. The molecule has 2 unspecified atom stereocenters. The number of aliphatic hydroxyl groups excluding tert-OH is 1. The largest absolute Gasteiger partial charge is 0.391 e. The maximum absolute atomic E-state index is 11.6. The molecule has 2 rings (SSSR count). The van der Waals surface area contributed by atoms with Crippen molar-refractivity contribution in [1.82, 2.24) is 10.5 Å². The molecule has 1 amide bonds. The number of aromatic nitrogens is 1. The average molecular weight is 210 g/mol. The van der Waals surface area contributed by atoms with E-state index in [1.807, 2.05) is 0 Å². The van der Waals surface area contributed by atoms with E-state index in [2.05, 4.69) is 10.5 Å². The number of hydrogen-bond acceptors (Lipinski definition) is 4. The van der Waals surface area contributed by atoms with Gasteiger partial charge in [-0.2, -0.15) is 0 Å². The van der Waals surface area contributed by atoms with Crippen molar-refractivity contribution < 1.29 is 14.4 Å². The quantitative estimate of drug-likeness (QED) is 0.750. The summed E-state index contributed by atoms with van der Waals surface area (Å²) in [6.07, 6.45) is 2.10. The maximum Gasteiger partial charge on any atom is 0.273 e. The van der Waals surface area contributed by atoms with Gasteiger partial charge in [0.25, 0.3) is 5.91 Å². The molecule has 1 aromatic rings. The highest BCUT2D eigenvalue weighted by molar-refractivity contribution is 5.92. The monoisotopic (exact) mass is 210 g/mol. The first-order valence-electron chi connectivity index (χ1n) is 5.09. The highest BCUT2D eigenvalue weighted by Crippen LogP contribution is 2.19. The SMILES string of the molecule is Cc1cc(C(=O)NC2CCCC2O)no1. The van der Waals surface area contributed by atoms with Crippen molar-refractivity contribution in [3.05, 3.63) is 17.5 Å². The van der Waals surface area contributed by atoms with Crippen LogP contribution in [0.2, 0.25) is 0 Å². The molecule has 1 aliphatic carbocycles. The van der Waals surface area contributed by atoms with Crippen LogP contribution in [0.1, 0.15) is 35.5 Å². The highest BCUT2D eigenvalue weighted by Gasteiger charge is 2.27. The molecule has 0 aliphatic heterocycles. The van der Waals surface area contributed by atoms with Crippen LogP contribution in [0, 0.1) is 6.92 Å². The lowest BCUT2D eigenvalue weighted by Crippen LogP contribution is -2.39. The van der Waals surface area contributed by atoms with Crippen LogP contribution in [0.4, 0.5) is 0 Å². The first-order valence-corrected chi connectivity index (χ1v) is 5.09. The zero-order valence-corrected chi connectivity index (χ0v) is 8.56. The Morgan fingerprint density at radius 3 is 3.00 bits per heavy atom. The number of rotatable bonds is 2. The standard InChI is InChI=1S/C10H14N2O3/c1-6-5-8(12-15-6)10(14)11-7-3-2-4-9(7)13/h5,7,9,13H,2-4H2,1H3,(H,11,14). The number of carbonyl (C=O) groups excluding carboxylic acids is 1. The second kappa shape index (κ2) is 4.02. The fourth-order valence-electron chi connectivity index (χ4n) is 1.82. The van der Waals surface area contributed by atoms with Crippen LogP contribution in [0.25, 0.3) is 0 Å². The van der Waals surface area contributed by atoms with Crippen molar-refractivity contribution in [3.8, 4) is 0 Å². The van der Waals surface area contributed by atoms with E-state index in [4.69, 9.17) is 4.52 Å². The summed E-state index contributed by atoms with van der Waals surface area (Å²) in [5.41, 5.74) is 0.270. The van der Waals surface area contributed by atoms with Crippen LogP contribution in [-0.4, -0.2) is 28.3 Å². The lowest BCUT2D eigenvalue weighted by molar-refractivity contribution is 0.0864. The summed E-state index contributed by atoms with van der Waals surface area (Å²) in [7, 11) is 0. The van der Waals surface area contributed by atoms with Gasteiger partial charge in [-0.05, 0) is 26.2 Å². The molecule has 2 N–H and O–H groups in total. The van der Waals surface area contributed by atoms with Crippen molar-refractivity contribution in [2.75, 3.05) is 0 Å². The Hall–Kier alpha value is -1.36. The average Bonchev–Trinajstić information content (AvgIpc) is 2.77. The van der Waals surface area contributed by atoms with Crippen LogP contribution in [0.3, 0.4) is 0 Å². The minimum Gasteiger partial charge on any atom is -0.391 e. The van der Waals surface area contributed by atoms with Crippen molar-refractivity contribution in [2.45, 2.75) is 38.3 Å².